The molecule has 168 valence electrons. The van der Waals surface area contributed by atoms with Gasteiger partial charge in [-0.1, -0.05) is 32.0 Å². The molecule has 1 saturated heterocycles. The zero-order valence-corrected chi connectivity index (χ0v) is 19.7. The van der Waals surface area contributed by atoms with Crippen molar-refractivity contribution in [1.29, 1.82) is 0 Å². The summed E-state index contributed by atoms with van der Waals surface area (Å²) in [7, 11) is 1.73. The van der Waals surface area contributed by atoms with Gasteiger partial charge >= 0.3 is 5.63 Å². The van der Waals surface area contributed by atoms with Gasteiger partial charge in [0.15, 0.2) is 11.4 Å². The standard InChI is InChI=1S/C24H28N2O3.2ClH/c1-17(2)18-8-9-22-20(14-18)19(15-24(27)29-22)16-25-10-12-26(13-11-25)21-6-4-5-7-23(21)28-3;;/h4-9,14-15,17H,10-13,16H2,1-3H3;2*1H. The Labute approximate surface area is 195 Å². The third kappa shape index (κ3) is 5.60. The summed E-state index contributed by atoms with van der Waals surface area (Å²) in [5.74, 6) is 1.40. The molecule has 4 rings (SSSR count). The van der Waals surface area contributed by atoms with Crippen LogP contribution in [-0.2, 0) is 6.54 Å². The van der Waals surface area contributed by atoms with E-state index in [1.54, 1.807) is 13.2 Å². The first kappa shape index (κ1) is 25.2. The second kappa shape index (κ2) is 11.0. The number of fused-ring (bicyclic) bond motifs is 1. The van der Waals surface area contributed by atoms with Crippen LogP contribution in [0.1, 0.15) is 30.9 Å². The molecule has 0 bridgehead atoms. The number of para-hydroxylation sites is 2. The van der Waals surface area contributed by atoms with Crippen LogP contribution in [0.25, 0.3) is 11.0 Å². The molecular weight excluding hydrogens is 435 g/mol. The van der Waals surface area contributed by atoms with Crippen molar-refractivity contribution in [2.75, 3.05) is 33.3 Å². The Hall–Kier alpha value is -2.05. The third-order valence-electron chi connectivity index (χ3n) is 6.01. The van der Waals surface area contributed by atoms with E-state index in [-0.39, 0.29) is 30.4 Å². The van der Waals surface area contributed by atoms with Gasteiger partial charge in [0.1, 0.15) is 38.3 Å². The van der Waals surface area contributed by atoms with Crippen molar-refractivity contribution < 1.29 is 43.8 Å². The van der Waals surface area contributed by atoms with E-state index in [0.717, 1.165) is 49.4 Å². The summed E-state index contributed by atoms with van der Waals surface area (Å²) < 4.78 is 11.0. The third-order valence-corrected chi connectivity index (χ3v) is 6.01. The van der Waals surface area contributed by atoms with Crippen molar-refractivity contribution in [2.24, 2.45) is 0 Å². The summed E-state index contributed by atoms with van der Waals surface area (Å²) in [6.45, 7) is 9.43. The van der Waals surface area contributed by atoms with Crippen LogP contribution in [-0.4, -0.2) is 33.3 Å². The van der Waals surface area contributed by atoms with Gasteiger partial charge in [0, 0.05) is 23.1 Å². The molecule has 0 atom stereocenters. The quantitative estimate of drug-likeness (QED) is 0.374. The van der Waals surface area contributed by atoms with E-state index in [1.165, 1.54) is 21.1 Å². The average molecular weight is 465 g/mol. The average Bonchev–Trinajstić information content (AvgIpc) is 2.74. The number of piperazine rings is 1. The smallest absolute Gasteiger partial charge is 0.336 e. The maximum Gasteiger partial charge on any atom is 0.336 e. The summed E-state index contributed by atoms with van der Waals surface area (Å²) in [6.07, 6.45) is 0. The van der Waals surface area contributed by atoms with E-state index in [9.17, 15) is 4.79 Å². The number of benzene rings is 2. The maximum atomic E-state index is 12.1. The molecule has 5 nitrogen and oxygen atoms in total. The molecule has 1 aliphatic heterocycles. The summed E-state index contributed by atoms with van der Waals surface area (Å²) in [5, 5.41) is 1.07. The molecule has 2 heterocycles. The highest BCUT2D eigenvalue weighted by atomic mass is 35.5. The predicted molar refractivity (Wildman–Crippen MR) is 114 cm³/mol. The Morgan fingerprint density at radius 1 is 1.00 bits per heavy atom. The Balaban J connectivity index is 0.00000171. The second-order valence-corrected chi connectivity index (χ2v) is 8.23. The maximum absolute atomic E-state index is 12.1. The minimum absolute atomic E-state index is 0. The van der Waals surface area contributed by atoms with Gasteiger partial charge in [-0.25, -0.2) is 4.79 Å². The number of rotatable bonds is 5. The highest BCUT2D eigenvalue weighted by molar-refractivity contribution is 5.81. The van der Waals surface area contributed by atoms with E-state index in [4.69, 9.17) is 9.15 Å². The molecule has 0 unspecified atom stereocenters. The number of hydrogen-bond donors (Lipinski definition) is 2. The molecule has 1 fully saturated rings. The van der Waals surface area contributed by atoms with Crippen LogP contribution >= 0.6 is 0 Å². The number of quaternary nitrogens is 2. The molecule has 0 saturated carbocycles. The van der Waals surface area contributed by atoms with Crippen LogP contribution in [0.5, 0.6) is 5.75 Å². The number of hydrogen-bond acceptors (Lipinski definition) is 3. The van der Waals surface area contributed by atoms with Crippen molar-refractivity contribution in [3.8, 4) is 5.75 Å². The Kier molecular flexibility index (Phi) is 8.95. The monoisotopic (exact) mass is 464 g/mol. The molecule has 7 heteroatoms. The molecule has 3 aromatic rings. The van der Waals surface area contributed by atoms with Crippen molar-refractivity contribution in [3.05, 3.63) is 70.1 Å². The highest BCUT2D eigenvalue weighted by Crippen LogP contribution is 2.23. The fraction of sp³-hybridized carbons (Fsp3) is 0.375. The van der Waals surface area contributed by atoms with E-state index in [1.807, 2.05) is 18.2 Å². The largest absolute Gasteiger partial charge is 1.00 e. The van der Waals surface area contributed by atoms with Crippen LogP contribution in [0.3, 0.4) is 0 Å². The lowest BCUT2D eigenvalue weighted by atomic mass is 9.99. The van der Waals surface area contributed by atoms with Crippen LogP contribution in [0.4, 0.5) is 5.69 Å². The molecular formula is C24H30Cl2N2O3. The summed E-state index contributed by atoms with van der Waals surface area (Å²) >= 11 is 0. The lowest BCUT2D eigenvalue weighted by molar-refractivity contribution is -0.994. The first-order valence-electron chi connectivity index (χ1n) is 10.4. The van der Waals surface area contributed by atoms with Crippen LogP contribution < -0.4 is 45.0 Å². The zero-order chi connectivity index (χ0) is 20.4. The lowest BCUT2D eigenvalue weighted by Crippen LogP contribution is -3.25. The molecule has 2 N–H and O–H groups in total. The van der Waals surface area contributed by atoms with Gasteiger partial charge in [-0.2, -0.15) is 0 Å². The van der Waals surface area contributed by atoms with E-state index in [2.05, 4.69) is 38.1 Å². The zero-order valence-electron chi connectivity index (χ0n) is 18.2. The number of halogens is 2. The van der Waals surface area contributed by atoms with Crippen molar-refractivity contribution in [1.82, 2.24) is 0 Å². The van der Waals surface area contributed by atoms with Crippen LogP contribution in [0.2, 0.25) is 0 Å². The van der Waals surface area contributed by atoms with Crippen molar-refractivity contribution >= 4 is 16.7 Å². The molecule has 0 spiro atoms. The van der Waals surface area contributed by atoms with E-state index >= 15 is 0 Å². The lowest BCUT2D eigenvalue weighted by Gasteiger charge is -2.30. The Bertz CT molecular complexity index is 1060. The number of nitrogens with one attached hydrogen (secondary N) is 2. The summed E-state index contributed by atoms with van der Waals surface area (Å²) in [5.41, 5.74) is 4.03. The SMILES string of the molecule is COc1ccccc1[NH+]1CC[NH+](Cc2cc(=O)oc3ccc(C(C)C)cc23)CC1.[Cl-].[Cl-]. The van der Waals surface area contributed by atoms with Gasteiger partial charge < -0.3 is 38.9 Å². The Morgan fingerprint density at radius 3 is 2.39 bits per heavy atom. The van der Waals surface area contributed by atoms with Gasteiger partial charge in [-0.15, -0.1) is 0 Å². The Morgan fingerprint density at radius 2 is 1.71 bits per heavy atom. The van der Waals surface area contributed by atoms with Gasteiger partial charge in [-0.05, 0) is 29.7 Å². The molecule has 0 radical (unpaired) electrons. The molecule has 1 aromatic heterocycles. The van der Waals surface area contributed by atoms with Crippen molar-refractivity contribution in [3.63, 3.8) is 0 Å². The normalized spacial score (nSPS) is 18.3. The molecule has 0 aliphatic carbocycles. The summed E-state index contributed by atoms with van der Waals surface area (Å²) in [6, 6.07) is 16.1. The fourth-order valence-electron chi connectivity index (χ4n) is 4.31. The van der Waals surface area contributed by atoms with Gasteiger partial charge in [0.25, 0.3) is 0 Å². The van der Waals surface area contributed by atoms with Gasteiger partial charge in [0.2, 0.25) is 0 Å². The molecule has 2 aromatic carbocycles. The molecule has 1 aliphatic rings. The van der Waals surface area contributed by atoms with E-state index in [0.29, 0.717) is 11.5 Å². The van der Waals surface area contributed by atoms with Gasteiger partial charge in [0.05, 0.1) is 7.11 Å². The van der Waals surface area contributed by atoms with Crippen LogP contribution in [0.15, 0.2) is 57.7 Å². The first-order valence-corrected chi connectivity index (χ1v) is 10.4. The highest BCUT2D eigenvalue weighted by Gasteiger charge is 2.27. The minimum atomic E-state index is -0.262. The molecule has 31 heavy (non-hydrogen) atoms. The van der Waals surface area contributed by atoms with Crippen LogP contribution in [0, 0.1) is 0 Å². The minimum Gasteiger partial charge on any atom is -1.00 e. The summed E-state index contributed by atoms with van der Waals surface area (Å²) in [4.78, 5) is 15.0. The molecule has 0 amide bonds. The predicted octanol–water partition coefficient (Wildman–Crippen LogP) is -4.45. The van der Waals surface area contributed by atoms with Gasteiger partial charge in [-0.3, -0.25) is 4.90 Å². The number of ether oxygens (including phenoxy) is 1. The van der Waals surface area contributed by atoms with E-state index < -0.39 is 0 Å². The topological polar surface area (TPSA) is 48.3 Å². The fourth-order valence-corrected chi connectivity index (χ4v) is 4.31. The number of methoxy groups -OCH3 is 1. The van der Waals surface area contributed by atoms with Crippen molar-refractivity contribution in [2.45, 2.75) is 26.3 Å². The second-order valence-electron chi connectivity index (χ2n) is 8.23. The first-order chi connectivity index (χ1) is 14.0.